The molecule has 3 nitrogen and oxygen atoms in total. The van der Waals surface area contributed by atoms with E-state index < -0.39 is 0 Å². The summed E-state index contributed by atoms with van der Waals surface area (Å²) in [6, 6.07) is 7.03. The van der Waals surface area contributed by atoms with Crippen molar-refractivity contribution in [2.75, 3.05) is 13.2 Å². The number of ether oxygens (including phenoxy) is 1. The van der Waals surface area contributed by atoms with E-state index in [0.29, 0.717) is 6.61 Å². The third-order valence-electron chi connectivity index (χ3n) is 3.40. The molecule has 3 heteroatoms. The van der Waals surface area contributed by atoms with Gasteiger partial charge in [0.1, 0.15) is 0 Å². The summed E-state index contributed by atoms with van der Waals surface area (Å²) in [7, 11) is 0. The highest BCUT2D eigenvalue weighted by Crippen LogP contribution is 2.23. The minimum absolute atomic E-state index is 0.203. The Hall–Kier alpha value is -0.900. The average molecular weight is 234 g/mol. The van der Waals surface area contributed by atoms with Crippen LogP contribution in [0.25, 0.3) is 0 Å². The minimum Gasteiger partial charge on any atom is -0.380 e. The van der Waals surface area contributed by atoms with Crippen LogP contribution in [0, 0.1) is 0 Å². The summed E-state index contributed by atoms with van der Waals surface area (Å²) in [5.41, 5.74) is 7.23. The van der Waals surface area contributed by atoms with Crippen molar-refractivity contribution >= 4 is 0 Å². The summed E-state index contributed by atoms with van der Waals surface area (Å²) in [5.74, 6) is 5.54. The molecule has 0 aliphatic heterocycles. The van der Waals surface area contributed by atoms with Crippen LogP contribution >= 0.6 is 0 Å². The van der Waals surface area contributed by atoms with Crippen LogP contribution < -0.4 is 11.3 Å². The molecule has 1 aliphatic rings. The fraction of sp³-hybridized carbons (Fsp3) is 0.571. The number of hydrogen-bond acceptors (Lipinski definition) is 3. The van der Waals surface area contributed by atoms with Gasteiger partial charge >= 0.3 is 0 Å². The monoisotopic (exact) mass is 234 g/mol. The van der Waals surface area contributed by atoms with E-state index in [1.807, 2.05) is 6.92 Å². The first-order valence-corrected chi connectivity index (χ1v) is 6.48. The summed E-state index contributed by atoms with van der Waals surface area (Å²) in [4.78, 5) is 0. The lowest BCUT2D eigenvalue weighted by molar-refractivity contribution is 0.123. The Balaban J connectivity index is 1.97. The van der Waals surface area contributed by atoms with Crippen LogP contribution in [0.3, 0.4) is 0 Å². The van der Waals surface area contributed by atoms with Gasteiger partial charge < -0.3 is 4.74 Å². The number of nitrogens with two attached hydrogens (primary N) is 1. The molecule has 94 valence electrons. The third kappa shape index (κ3) is 3.28. The first-order valence-electron chi connectivity index (χ1n) is 6.48. The number of nitrogens with one attached hydrogen (secondary N) is 1. The molecule has 17 heavy (non-hydrogen) atoms. The number of hydrogen-bond donors (Lipinski definition) is 2. The van der Waals surface area contributed by atoms with E-state index in [4.69, 9.17) is 10.6 Å². The van der Waals surface area contributed by atoms with Crippen molar-refractivity contribution in [3.63, 3.8) is 0 Å². The van der Waals surface area contributed by atoms with Crippen LogP contribution in [0.2, 0.25) is 0 Å². The van der Waals surface area contributed by atoms with E-state index in [-0.39, 0.29) is 6.04 Å². The van der Waals surface area contributed by atoms with Gasteiger partial charge in [-0.05, 0) is 49.3 Å². The summed E-state index contributed by atoms with van der Waals surface area (Å²) in [6.45, 7) is 3.41. The highest BCUT2D eigenvalue weighted by molar-refractivity contribution is 5.35. The van der Waals surface area contributed by atoms with Crippen LogP contribution in [0.1, 0.15) is 30.0 Å². The maximum atomic E-state index is 5.54. The summed E-state index contributed by atoms with van der Waals surface area (Å²) < 4.78 is 5.41. The highest BCUT2D eigenvalue weighted by Gasteiger charge is 2.13. The molecule has 1 unspecified atom stereocenters. The molecule has 1 aromatic rings. The van der Waals surface area contributed by atoms with Crippen molar-refractivity contribution in [3.8, 4) is 0 Å². The Labute approximate surface area is 103 Å². The topological polar surface area (TPSA) is 47.3 Å². The molecule has 0 fully saturated rings. The van der Waals surface area contributed by atoms with Crippen LogP contribution in [-0.2, 0) is 24.0 Å². The maximum absolute atomic E-state index is 5.54. The van der Waals surface area contributed by atoms with Gasteiger partial charge in [0.25, 0.3) is 0 Å². The van der Waals surface area contributed by atoms with Gasteiger partial charge in [0.2, 0.25) is 0 Å². The minimum atomic E-state index is 0.203. The van der Waals surface area contributed by atoms with Crippen molar-refractivity contribution in [2.45, 2.75) is 38.6 Å². The summed E-state index contributed by atoms with van der Waals surface area (Å²) >= 11 is 0. The van der Waals surface area contributed by atoms with Crippen molar-refractivity contribution < 1.29 is 4.74 Å². The zero-order valence-electron chi connectivity index (χ0n) is 10.5. The highest BCUT2D eigenvalue weighted by atomic mass is 16.5. The maximum Gasteiger partial charge on any atom is 0.0636 e. The Bertz CT molecular complexity index is 365. The number of benzene rings is 1. The van der Waals surface area contributed by atoms with Gasteiger partial charge in [-0.3, -0.25) is 11.3 Å². The van der Waals surface area contributed by atoms with Crippen LogP contribution in [-0.4, -0.2) is 19.3 Å². The predicted octanol–water partition coefficient (Wildman–Crippen LogP) is 1.59. The number of hydrazine groups is 1. The molecule has 0 saturated heterocycles. The second-order valence-electron chi connectivity index (χ2n) is 4.68. The molecule has 0 heterocycles. The van der Waals surface area contributed by atoms with Gasteiger partial charge in [0.05, 0.1) is 6.61 Å². The number of aryl methyl sites for hydroxylation is 2. The molecule has 2 rings (SSSR count). The van der Waals surface area contributed by atoms with Crippen molar-refractivity contribution in [3.05, 3.63) is 34.9 Å². The van der Waals surface area contributed by atoms with Gasteiger partial charge in [-0.25, -0.2) is 0 Å². The Morgan fingerprint density at radius 3 is 2.94 bits per heavy atom. The van der Waals surface area contributed by atoms with E-state index in [2.05, 4.69) is 23.6 Å². The quantitative estimate of drug-likeness (QED) is 0.580. The van der Waals surface area contributed by atoms with Crippen molar-refractivity contribution in [1.29, 1.82) is 0 Å². The molecule has 1 atom stereocenters. The van der Waals surface area contributed by atoms with Gasteiger partial charge in [0.15, 0.2) is 0 Å². The molecule has 0 aromatic heterocycles. The zero-order valence-corrected chi connectivity index (χ0v) is 10.5. The van der Waals surface area contributed by atoms with Gasteiger partial charge in [-0.15, -0.1) is 0 Å². The molecule has 3 N–H and O–H groups in total. The van der Waals surface area contributed by atoms with E-state index in [9.17, 15) is 0 Å². The molecule has 1 aliphatic carbocycles. The summed E-state index contributed by atoms with van der Waals surface area (Å²) in [6.07, 6.45) is 4.71. The lowest BCUT2D eigenvalue weighted by Gasteiger charge is -2.16. The third-order valence-corrected chi connectivity index (χ3v) is 3.40. The second kappa shape index (κ2) is 6.15. The lowest BCUT2D eigenvalue weighted by atomic mass is 10.0. The van der Waals surface area contributed by atoms with Crippen molar-refractivity contribution in [2.24, 2.45) is 5.84 Å². The van der Waals surface area contributed by atoms with Crippen LogP contribution in [0.15, 0.2) is 18.2 Å². The largest absolute Gasteiger partial charge is 0.380 e. The molecule has 0 saturated carbocycles. The first kappa shape index (κ1) is 12.6. The molecule has 0 bridgehead atoms. The average Bonchev–Trinajstić information content (AvgIpc) is 2.81. The smallest absolute Gasteiger partial charge is 0.0636 e. The Morgan fingerprint density at radius 1 is 1.35 bits per heavy atom. The van der Waals surface area contributed by atoms with Gasteiger partial charge in [-0.2, -0.15) is 0 Å². The Kier molecular flexibility index (Phi) is 4.54. The second-order valence-corrected chi connectivity index (χ2v) is 4.68. The standard InChI is InChI=1S/C14H22N2O/c1-2-17-10-14(16-15)9-11-6-7-12-4-3-5-13(12)8-11/h6-8,14,16H,2-5,9-10,15H2,1H3. The normalized spacial score (nSPS) is 15.9. The molecular weight excluding hydrogens is 212 g/mol. The van der Waals surface area contributed by atoms with Gasteiger partial charge in [-0.1, -0.05) is 18.2 Å². The molecule has 0 amide bonds. The summed E-state index contributed by atoms with van der Waals surface area (Å²) in [5, 5.41) is 0. The fourth-order valence-electron chi connectivity index (χ4n) is 2.46. The van der Waals surface area contributed by atoms with Gasteiger partial charge in [0, 0.05) is 12.6 Å². The van der Waals surface area contributed by atoms with E-state index in [1.165, 1.54) is 36.0 Å². The van der Waals surface area contributed by atoms with E-state index in [1.54, 1.807) is 0 Å². The van der Waals surface area contributed by atoms with E-state index >= 15 is 0 Å². The first-order chi connectivity index (χ1) is 8.33. The SMILES string of the molecule is CCOCC(Cc1ccc2c(c1)CCC2)NN. The predicted molar refractivity (Wildman–Crippen MR) is 69.8 cm³/mol. The number of rotatable bonds is 6. The fourth-order valence-corrected chi connectivity index (χ4v) is 2.46. The zero-order chi connectivity index (χ0) is 12.1. The lowest BCUT2D eigenvalue weighted by Crippen LogP contribution is -2.40. The van der Waals surface area contributed by atoms with Crippen LogP contribution in [0.5, 0.6) is 0 Å². The van der Waals surface area contributed by atoms with E-state index in [0.717, 1.165) is 13.0 Å². The molecule has 0 radical (unpaired) electrons. The van der Waals surface area contributed by atoms with Crippen LogP contribution in [0.4, 0.5) is 0 Å². The Morgan fingerprint density at radius 2 is 2.18 bits per heavy atom. The molecular formula is C14H22N2O. The number of fused-ring (bicyclic) bond motifs is 1. The molecule has 0 spiro atoms. The molecule has 1 aromatic carbocycles. The van der Waals surface area contributed by atoms with Crippen molar-refractivity contribution in [1.82, 2.24) is 5.43 Å².